The highest BCUT2D eigenvalue weighted by molar-refractivity contribution is 6.34. The Morgan fingerprint density at radius 3 is 2.86 bits per heavy atom. The molecule has 0 fully saturated rings. The summed E-state index contributed by atoms with van der Waals surface area (Å²) in [7, 11) is 1.39. The molecule has 0 saturated carbocycles. The molecular weight excluding hydrogens is 206 g/mol. The van der Waals surface area contributed by atoms with Gasteiger partial charge in [-0.1, -0.05) is 18.2 Å². The Balaban J connectivity index is 3.30. The van der Waals surface area contributed by atoms with Gasteiger partial charge < -0.3 is 9.84 Å². The van der Waals surface area contributed by atoms with Crippen molar-refractivity contribution in [2.45, 2.75) is 0 Å². The molecule has 0 saturated heterocycles. The number of hydrogen-bond donors (Lipinski definition) is 1. The van der Waals surface area contributed by atoms with Gasteiger partial charge >= 0.3 is 5.97 Å². The number of aliphatic carboxylic acids is 1. The summed E-state index contributed by atoms with van der Waals surface area (Å²) in [5.41, 5.74) is 0.0733. The van der Waals surface area contributed by atoms with Crippen LogP contribution in [0.4, 0.5) is 0 Å². The maximum Gasteiger partial charge on any atom is 0.335 e. The Morgan fingerprint density at radius 2 is 2.36 bits per heavy atom. The minimum absolute atomic E-state index is 0.139. The summed E-state index contributed by atoms with van der Waals surface area (Å²) in [6, 6.07) is 1.48. The Hall–Kier alpha value is -1.55. The van der Waals surface area contributed by atoms with E-state index in [-0.39, 0.29) is 22.0 Å². The molecule has 0 bridgehead atoms. The average Bonchev–Trinajstić information content (AvgIpc) is 2.16. The minimum Gasteiger partial charge on any atom is -0.481 e. The molecule has 1 aromatic rings. The zero-order chi connectivity index (χ0) is 10.7. The lowest BCUT2D eigenvalue weighted by molar-refractivity contribution is -0.130. The third-order valence-electron chi connectivity index (χ3n) is 1.62. The van der Waals surface area contributed by atoms with Crippen molar-refractivity contribution in [1.29, 1.82) is 0 Å². The molecule has 14 heavy (non-hydrogen) atoms. The zero-order valence-corrected chi connectivity index (χ0v) is 8.21. The number of carbonyl (C=O) groups is 1. The number of aromatic nitrogens is 1. The normalized spacial score (nSPS) is 9.57. The van der Waals surface area contributed by atoms with Crippen LogP contribution in [0.15, 0.2) is 18.8 Å². The van der Waals surface area contributed by atoms with E-state index in [4.69, 9.17) is 21.4 Å². The Bertz CT molecular complexity index is 390. The van der Waals surface area contributed by atoms with E-state index >= 15 is 0 Å². The van der Waals surface area contributed by atoms with Crippen LogP contribution in [0.5, 0.6) is 5.88 Å². The van der Waals surface area contributed by atoms with Gasteiger partial charge in [-0.25, -0.2) is 9.78 Å². The van der Waals surface area contributed by atoms with Crippen LogP contribution in [-0.2, 0) is 4.79 Å². The van der Waals surface area contributed by atoms with E-state index < -0.39 is 5.97 Å². The van der Waals surface area contributed by atoms with Crippen LogP contribution in [0, 0.1) is 0 Å². The highest BCUT2D eigenvalue weighted by Crippen LogP contribution is 2.29. The second kappa shape index (κ2) is 4.11. The van der Waals surface area contributed by atoms with Crippen LogP contribution in [0.3, 0.4) is 0 Å². The number of rotatable bonds is 3. The predicted octanol–water partition coefficient (Wildman–Crippen LogP) is 1.84. The topological polar surface area (TPSA) is 59.4 Å². The van der Waals surface area contributed by atoms with Crippen molar-refractivity contribution < 1.29 is 14.6 Å². The summed E-state index contributed by atoms with van der Waals surface area (Å²) < 4.78 is 4.88. The highest BCUT2D eigenvalue weighted by Gasteiger charge is 2.17. The van der Waals surface area contributed by atoms with Crippen LogP contribution >= 0.6 is 11.6 Å². The standard InChI is InChI=1S/C9H8ClNO3/c1-5(9(12)13)7-6(10)3-4-11-8(7)14-2/h3-4H,1H2,2H3,(H,12,13). The van der Waals surface area contributed by atoms with Crippen molar-refractivity contribution in [3.05, 3.63) is 29.4 Å². The van der Waals surface area contributed by atoms with E-state index in [2.05, 4.69) is 11.6 Å². The third kappa shape index (κ3) is 1.85. The molecular formula is C9H8ClNO3. The summed E-state index contributed by atoms with van der Waals surface area (Å²) >= 11 is 5.80. The van der Waals surface area contributed by atoms with Gasteiger partial charge in [-0.15, -0.1) is 0 Å². The SMILES string of the molecule is C=C(C(=O)O)c1c(Cl)ccnc1OC. The van der Waals surface area contributed by atoms with Gasteiger partial charge in [0, 0.05) is 6.20 Å². The van der Waals surface area contributed by atoms with E-state index in [0.29, 0.717) is 0 Å². The molecule has 0 spiro atoms. The van der Waals surface area contributed by atoms with Crippen molar-refractivity contribution in [2.24, 2.45) is 0 Å². The number of carboxylic acid groups (broad SMARTS) is 1. The largest absolute Gasteiger partial charge is 0.481 e. The summed E-state index contributed by atoms with van der Waals surface area (Å²) in [6.07, 6.45) is 1.43. The number of pyridine rings is 1. The number of hydrogen-bond acceptors (Lipinski definition) is 3. The van der Waals surface area contributed by atoms with Gasteiger partial charge in [-0.3, -0.25) is 0 Å². The molecule has 5 heteroatoms. The number of carboxylic acids is 1. The molecule has 4 nitrogen and oxygen atoms in total. The summed E-state index contributed by atoms with van der Waals surface area (Å²) in [5.74, 6) is -0.997. The molecule has 1 N–H and O–H groups in total. The first-order chi connectivity index (χ1) is 6.57. The van der Waals surface area contributed by atoms with Crippen molar-refractivity contribution in [3.63, 3.8) is 0 Å². The Kier molecular flexibility index (Phi) is 3.09. The summed E-state index contributed by atoms with van der Waals surface area (Å²) in [6.45, 7) is 3.39. The molecule has 0 aromatic carbocycles. The second-order valence-corrected chi connectivity index (χ2v) is 2.87. The first-order valence-electron chi connectivity index (χ1n) is 3.69. The summed E-state index contributed by atoms with van der Waals surface area (Å²) in [5, 5.41) is 8.99. The number of methoxy groups -OCH3 is 1. The van der Waals surface area contributed by atoms with Crippen molar-refractivity contribution >= 4 is 23.1 Å². The fraction of sp³-hybridized carbons (Fsp3) is 0.111. The third-order valence-corrected chi connectivity index (χ3v) is 1.93. The van der Waals surface area contributed by atoms with Crippen LogP contribution < -0.4 is 4.74 Å². The van der Waals surface area contributed by atoms with Gasteiger partial charge in [-0.05, 0) is 6.07 Å². The summed E-state index contributed by atoms with van der Waals surface area (Å²) in [4.78, 5) is 14.5. The van der Waals surface area contributed by atoms with Crippen LogP contribution in [0.1, 0.15) is 5.56 Å². The number of halogens is 1. The van der Waals surface area contributed by atoms with Gasteiger partial charge in [0.15, 0.2) is 0 Å². The maximum atomic E-state index is 10.7. The van der Waals surface area contributed by atoms with Crippen molar-refractivity contribution in [2.75, 3.05) is 7.11 Å². The highest BCUT2D eigenvalue weighted by atomic mass is 35.5. The van der Waals surface area contributed by atoms with E-state index in [0.717, 1.165) is 0 Å². The van der Waals surface area contributed by atoms with Crippen LogP contribution in [0.2, 0.25) is 5.02 Å². The average molecular weight is 214 g/mol. The monoisotopic (exact) mass is 213 g/mol. The lowest BCUT2D eigenvalue weighted by Gasteiger charge is -2.07. The first-order valence-corrected chi connectivity index (χ1v) is 4.06. The Morgan fingerprint density at radius 1 is 1.71 bits per heavy atom. The van der Waals surface area contributed by atoms with Gasteiger partial charge in [0.05, 0.1) is 23.3 Å². The molecule has 0 aliphatic carbocycles. The van der Waals surface area contributed by atoms with E-state index in [1.165, 1.54) is 19.4 Å². The molecule has 0 radical (unpaired) electrons. The molecule has 0 aliphatic rings. The number of ether oxygens (including phenoxy) is 1. The fourth-order valence-corrected chi connectivity index (χ4v) is 1.21. The van der Waals surface area contributed by atoms with Crippen LogP contribution in [-0.4, -0.2) is 23.2 Å². The van der Waals surface area contributed by atoms with E-state index in [1.54, 1.807) is 0 Å². The lowest BCUT2D eigenvalue weighted by Crippen LogP contribution is -2.02. The first kappa shape index (κ1) is 10.5. The van der Waals surface area contributed by atoms with Crippen molar-refractivity contribution in [1.82, 2.24) is 4.98 Å². The van der Waals surface area contributed by atoms with Gasteiger partial charge in [0.2, 0.25) is 5.88 Å². The van der Waals surface area contributed by atoms with E-state index in [1.807, 2.05) is 0 Å². The molecule has 1 heterocycles. The van der Waals surface area contributed by atoms with Crippen LogP contribution in [0.25, 0.3) is 5.57 Å². The Labute approximate surface area is 85.8 Å². The maximum absolute atomic E-state index is 10.7. The van der Waals surface area contributed by atoms with Crippen molar-refractivity contribution in [3.8, 4) is 5.88 Å². The molecule has 74 valence electrons. The molecule has 1 aromatic heterocycles. The zero-order valence-electron chi connectivity index (χ0n) is 7.45. The number of nitrogens with zero attached hydrogens (tertiary/aromatic N) is 1. The smallest absolute Gasteiger partial charge is 0.335 e. The molecule has 1 rings (SSSR count). The minimum atomic E-state index is -1.15. The van der Waals surface area contributed by atoms with Gasteiger partial charge in [0.1, 0.15) is 0 Å². The fourth-order valence-electron chi connectivity index (χ4n) is 0.955. The molecule has 0 unspecified atom stereocenters. The second-order valence-electron chi connectivity index (χ2n) is 2.46. The molecule has 0 atom stereocenters. The molecule has 0 aliphatic heterocycles. The van der Waals surface area contributed by atoms with E-state index in [9.17, 15) is 4.79 Å². The quantitative estimate of drug-likeness (QED) is 0.779. The van der Waals surface area contributed by atoms with Gasteiger partial charge in [0.25, 0.3) is 0 Å². The van der Waals surface area contributed by atoms with Gasteiger partial charge in [-0.2, -0.15) is 0 Å². The predicted molar refractivity (Wildman–Crippen MR) is 52.5 cm³/mol. The lowest BCUT2D eigenvalue weighted by atomic mass is 10.1. The molecule has 0 amide bonds.